The number of aromatic nitrogens is 2. The lowest BCUT2D eigenvalue weighted by Crippen LogP contribution is -2.37. The SMILES string of the molecule is COc1cccc(F)c1-n1c(C=C(C)C)c(C(=O)N2CCCCC2)cc(-c2nc(-c3ccc(Cl)cc3)cs2)c1=O. The number of hydrogen-bond donors (Lipinski definition) is 0. The summed E-state index contributed by atoms with van der Waals surface area (Å²) in [5.74, 6) is -0.661. The van der Waals surface area contributed by atoms with E-state index >= 15 is 4.39 Å². The van der Waals surface area contributed by atoms with Gasteiger partial charge in [-0.2, -0.15) is 0 Å². The first kappa shape index (κ1) is 27.8. The Balaban J connectivity index is 1.80. The molecule has 2 aromatic heterocycles. The summed E-state index contributed by atoms with van der Waals surface area (Å²) >= 11 is 7.34. The largest absolute Gasteiger partial charge is 0.494 e. The lowest BCUT2D eigenvalue weighted by Gasteiger charge is -2.28. The summed E-state index contributed by atoms with van der Waals surface area (Å²) in [5.41, 5.74) is 2.64. The number of pyridine rings is 1. The van der Waals surface area contributed by atoms with E-state index in [2.05, 4.69) is 0 Å². The predicted octanol–water partition coefficient (Wildman–Crippen LogP) is 7.48. The van der Waals surface area contributed by atoms with E-state index in [0.717, 1.165) is 30.4 Å². The number of nitrogens with zero attached hydrogens (tertiary/aromatic N) is 3. The number of amides is 1. The van der Waals surface area contributed by atoms with E-state index in [-0.39, 0.29) is 22.9 Å². The fourth-order valence-corrected chi connectivity index (χ4v) is 5.85. The Morgan fingerprint density at radius 2 is 1.82 bits per heavy atom. The number of likely N-dealkylation sites (tertiary alicyclic amines) is 1. The van der Waals surface area contributed by atoms with Crippen molar-refractivity contribution >= 4 is 34.9 Å². The molecule has 0 radical (unpaired) electrons. The topological polar surface area (TPSA) is 64.4 Å². The molecule has 5 rings (SSSR count). The Bertz CT molecular complexity index is 1650. The molecule has 1 amide bonds. The molecule has 0 saturated carbocycles. The highest BCUT2D eigenvalue weighted by Crippen LogP contribution is 2.33. The van der Waals surface area contributed by atoms with Crippen molar-refractivity contribution in [1.82, 2.24) is 14.5 Å². The van der Waals surface area contributed by atoms with Crippen molar-refractivity contribution in [1.29, 1.82) is 0 Å². The maximum absolute atomic E-state index is 15.5. The molecule has 0 atom stereocenters. The average molecular weight is 578 g/mol. The maximum atomic E-state index is 15.5. The molecule has 0 aliphatic carbocycles. The standard InChI is InChI=1S/C31H29ClFN3O3S/c1-19(2)16-26-22(30(37)35-14-5-4-6-15-35)17-23(29-34-25(18-40-29)20-10-12-21(32)13-11-20)31(38)36(26)28-24(33)8-7-9-27(28)39-3/h7-13,16-18H,4-6,14-15H2,1-3H3. The van der Waals surface area contributed by atoms with Gasteiger partial charge in [-0.3, -0.25) is 14.2 Å². The third-order valence-electron chi connectivity index (χ3n) is 6.81. The number of piperidine rings is 1. The molecule has 0 bridgehead atoms. The monoisotopic (exact) mass is 577 g/mol. The highest BCUT2D eigenvalue weighted by molar-refractivity contribution is 7.13. The van der Waals surface area contributed by atoms with E-state index in [1.807, 2.05) is 31.4 Å². The first-order chi connectivity index (χ1) is 19.3. The van der Waals surface area contributed by atoms with Gasteiger partial charge in [0.25, 0.3) is 11.5 Å². The quantitative estimate of drug-likeness (QED) is 0.238. The van der Waals surface area contributed by atoms with Crippen LogP contribution < -0.4 is 10.3 Å². The number of carbonyl (C=O) groups is 1. The zero-order valence-electron chi connectivity index (χ0n) is 22.5. The summed E-state index contributed by atoms with van der Waals surface area (Å²) in [6, 6.07) is 13.3. The van der Waals surface area contributed by atoms with Gasteiger partial charge in [0.1, 0.15) is 16.4 Å². The van der Waals surface area contributed by atoms with Crippen LogP contribution in [0.1, 0.15) is 49.2 Å². The molecule has 2 aromatic carbocycles. The highest BCUT2D eigenvalue weighted by atomic mass is 35.5. The molecule has 40 heavy (non-hydrogen) atoms. The summed E-state index contributed by atoms with van der Waals surface area (Å²) < 4.78 is 22.3. The van der Waals surface area contributed by atoms with E-state index in [9.17, 15) is 9.59 Å². The Morgan fingerprint density at radius 3 is 2.50 bits per heavy atom. The summed E-state index contributed by atoms with van der Waals surface area (Å²) in [5, 5.41) is 2.88. The van der Waals surface area contributed by atoms with Crippen molar-refractivity contribution in [2.45, 2.75) is 33.1 Å². The summed E-state index contributed by atoms with van der Waals surface area (Å²) in [6.07, 6.45) is 4.63. The number of carbonyl (C=O) groups excluding carboxylic acids is 1. The van der Waals surface area contributed by atoms with E-state index in [1.54, 1.807) is 35.2 Å². The van der Waals surface area contributed by atoms with E-state index in [1.165, 1.54) is 35.1 Å². The molecule has 1 saturated heterocycles. The number of para-hydroxylation sites is 1. The predicted molar refractivity (Wildman–Crippen MR) is 159 cm³/mol. The lowest BCUT2D eigenvalue weighted by molar-refractivity contribution is 0.0723. The Labute approximate surface area is 241 Å². The molecule has 206 valence electrons. The molecular formula is C31H29ClFN3O3S. The number of halogens is 2. The molecule has 1 aliphatic heterocycles. The van der Waals surface area contributed by atoms with Crippen LogP contribution in [-0.2, 0) is 0 Å². The van der Waals surface area contributed by atoms with Crippen LogP contribution in [0.4, 0.5) is 4.39 Å². The van der Waals surface area contributed by atoms with Gasteiger partial charge in [0.2, 0.25) is 0 Å². The Kier molecular flexibility index (Phi) is 8.19. The fourth-order valence-electron chi connectivity index (χ4n) is 4.89. The Hall–Kier alpha value is -3.75. The van der Waals surface area contributed by atoms with Gasteiger partial charge in [0.15, 0.2) is 5.82 Å². The molecule has 1 aliphatic rings. The number of ether oxygens (including phenoxy) is 1. The van der Waals surface area contributed by atoms with Gasteiger partial charge in [-0.1, -0.05) is 35.4 Å². The lowest BCUT2D eigenvalue weighted by atomic mass is 10.0. The maximum Gasteiger partial charge on any atom is 0.266 e. The van der Waals surface area contributed by atoms with Gasteiger partial charge >= 0.3 is 0 Å². The van der Waals surface area contributed by atoms with Crippen molar-refractivity contribution in [3.63, 3.8) is 0 Å². The van der Waals surface area contributed by atoms with Crippen molar-refractivity contribution in [3.8, 4) is 33.3 Å². The van der Waals surface area contributed by atoms with Crippen LogP contribution in [0.15, 0.2) is 64.3 Å². The van der Waals surface area contributed by atoms with Crippen LogP contribution in [0.3, 0.4) is 0 Å². The van der Waals surface area contributed by atoms with Crippen LogP contribution in [0.25, 0.3) is 33.6 Å². The smallest absolute Gasteiger partial charge is 0.266 e. The van der Waals surface area contributed by atoms with Crippen LogP contribution in [0.2, 0.25) is 5.02 Å². The van der Waals surface area contributed by atoms with Crippen LogP contribution in [-0.4, -0.2) is 40.6 Å². The van der Waals surface area contributed by atoms with Crippen molar-refractivity contribution < 1.29 is 13.9 Å². The van der Waals surface area contributed by atoms with Gasteiger partial charge in [0.05, 0.1) is 29.6 Å². The highest BCUT2D eigenvalue weighted by Gasteiger charge is 2.28. The summed E-state index contributed by atoms with van der Waals surface area (Å²) in [7, 11) is 1.42. The molecule has 0 spiro atoms. The number of benzene rings is 2. The second-order valence-corrected chi connectivity index (χ2v) is 11.2. The zero-order valence-corrected chi connectivity index (χ0v) is 24.1. The number of hydrogen-bond acceptors (Lipinski definition) is 5. The van der Waals surface area contributed by atoms with Crippen molar-refractivity contribution in [2.24, 2.45) is 0 Å². The second kappa shape index (κ2) is 11.8. The summed E-state index contributed by atoms with van der Waals surface area (Å²) in [4.78, 5) is 34.8. The fraction of sp³-hybridized carbons (Fsp3) is 0.258. The molecule has 0 N–H and O–H groups in total. The number of methoxy groups -OCH3 is 1. The zero-order chi connectivity index (χ0) is 28.4. The molecular weight excluding hydrogens is 549 g/mol. The van der Waals surface area contributed by atoms with Crippen molar-refractivity contribution in [3.05, 3.63) is 91.9 Å². The van der Waals surface area contributed by atoms with Gasteiger partial charge in [-0.05, 0) is 69.5 Å². The first-order valence-electron chi connectivity index (χ1n) is 13.1. The van der Waals surface area contributed by atoms with Crippen LogP contribution >= 0.6 is 22.9 Å². The van der Waals surface area contributed by atoms with E-state index < -0.39 is 11.4 Å². The van der Waals surface area contributed by atoms with Gasteiger partial charge < -0.3 is 9.64 Å². The molecule has 1 fully saturated rings. The normalized spacial score (nSPS) is 13.3. The molecule has 4 aromatic rings. The van der Waals surface area contributed by atoms with E-state index in [4.69, 9.17) is 21.3 Å². The Morgan fingerprint density at radius 1 is 1.10 bits per heavy atom. The van der Waals surface area contributed by atoms with E-state index in [0.29, 0.717) is 40.1 Å². The van der Waals surface area contributed by atoms with Gasteiger partial charge in [-0.15, -0.1) is 11.3 Å². The van der Waals surface area contributed by atoms with Crippen LogP contribution in [0.5, 0.6) is 5.75 Å². The number of allylic oxidation sites excluding steroid dienone is 1. The molecule has 9 heteroatoms. The van der Waals surface area contributed by atoms with Gasteiger partial charge in [-0.25, -0.2) is 9.37 Å². The third kappa shape index (κ3) is 5.46. The molecule has 0 unspecified atom stereocenters. The molecule has 3 heterocycles. The average Bonchev–Trinajstić information content (AvgIpc) is 3.44. The van der Waals surface area contributed by atoms with Gasteiger partial charge in [0, 0.05) is 29.1 Å². The first-order valence-corrected chi connectivity index (χ1v) is 14.3. The van der Waals surface area contributed by atoms with Crippen molar-refractivity contribution in [2.75, 3.05) is 20.2 Å². The minimum absolute atomic E-state index is 0.0495. The minimum Gasteiger partial charge on any atom is -0.494 e. The number of rotatable bonds is 6. The third-order valence-corrected chi connectivity index (χ3v) is 7.93. The van der Waals surface area contributed by atoms with Crippen LogP contribution in [0, 0.1) is 5.82 Å². The minimum atomic E-state index is -0.639. The number of thiazole rings is 1. The molecule has 6 nitrogen and oxygen atoms in total. The second-order valence-electron chi connectivity index (χ2n) is 9.91. The summed E-state index contributed by atoms with van der Waals surface area (Å²) in [6.45, 7) is 5.00.